The lowest BCUT2D eigenvalue weighted by Crippen LogP contribution is -3.10. The average molecular weight is 373 g/mol. The Morgan fingerprint density at radius 3 is 2.48 bits per heavy atom. The minimum absolute atomic E-state index is 0.0102. The van der Waals surface area contributed by atoms with Crippen LogP contribution in [-0.2, 0) is 4.79 Å². The van der Waals surface area contributed by atoms with Crippen molar-refractivity contribution >= 4 is 23.4 Å². The maximum absolute atomic E-state index is 13.5. The van der Waals surface area contributed by atoms with Crippen molar-refractivity contribution in [2.75, 3.05) is 31.2 Å². The Hall–Kier alpha value is -2.06. The number of carbonyl (C=O) groups is 1. The summed E-state index contributed by atoms with van der Waals surface area (Å²) in [7, 11) is 1.75. The molecule has 0 heterocycles. The van der Waals surface area contributed by atoms with E-state index in [1.165, 1.54) is 17.8 Å². The number of amides is 1. The Morgan fingerprint density at radius 2 is 1.76 bits per heavy atom. The van der Waals surface area contributed by atoms with Crippen LogP contribution in [0.25, 0.3) is 0 Å². The normalized spacial score (nSPS) is 12.0. The van der Waals surface area contributed by atoms with Gasteiger partial charge in [-0.25, -0.2) is 17.6 Å². The van der Waals surface area contributed by atoms with Crippen molar-refractivity contribution in [2.45, 2.75) is 4.90 Å². The van der Waals surface area contributed by atoms with E-state index in [2.05, 4.69) is 5.32 Å². The average Bonchev–Trinajstić information content (AvgIpc) is 2.57. The monoisotopic (exact) mass is 373 g/mol. The second-order valence-corrected chi connectivity index (χ2v) is 6.57. The number of anilines is 1. The number of benzene rings is 2. The fraction of sp³-hybridized carbons (Fsp3) is 0.235. The number of quaternary nitrogens is 1. The lowest BCUT2D eigenvalue weighted by molar-refractivity contribution is -0.868. The van der Waals surface area contributed by atoms with Crippen LogP contribution >= 0.6 is 11.8 Å². The Bertz CT molecular complexity index is 757. The number of carbonyl (C=O) groups excluding carboxylic acids is 1. The Kier molecular flexibility index (Phi) is 6.83. The summed E-state index contributed by atoms with van der Waals surface area (Å²) >= 11 is 1.33. The van der Waals surface area contributed by atoms with Crippen molar-refractivity contribution in [3.05, 3.63) is 59.7 Å². The summed E-state index contributed by atoms with van der Waals surface area (Å²) in [4.78, 5) is 13.2. The molecule has 2 aromatic carbocycles. The second kappa shape index (κ2) is 8.87. The molecule has 0 saturated heterocycles. The Morgan fingerprint density at radius 1 is 1.04 bits per heavy atom. The molecule has 0 aliphatic rings. The van der Waals surface area contributed by atoms with Gasteiger partial charge in [0.25, 0.3) is 5.91 Å². The van der Waals surface area contributed by atoms with Crippen LogP contribution in [0.2, 0.25) is 0 Å². The topological polar surface area (TPSA) is 33.5 Å². The highest BCUT2D eigenvalue weighted by atomic mass is 32.2. The highest BCUT2D eigenvalue weighted by molar-refractivity contribution is 7.99. The molecule has 0 saturated carbocycles. The molecule has 0 fully saturated rings. The molecule has 0 bridgehead atoms. The zero-order valence-corrected chi connectivity index (χ0v) is 14.2. The summed E-state index contributed by atoms with van der Waals surface area (Å²) < 4.78 is 53.0. The van der Waals surface area contributed by atoms with Crippen molar-refractivity contribution in [2.24, 2.45) is 0 Å². The number of thioether (sulfide) groups is 1. The van der Waals surface area contributed by atoms with Gasteiger partial charge in [-0.2, -0.15) is 0 Å². The van der Waals surface area contributed by atoms with Gasteiger partial charge in [0.1, 0.15) is 5.82 Å². The van der Waals surface area contributed by atoms with Crippen LogP contribution in [-0.4, -0.2) is 31.8 Å². The molecule has 2 aromatic rings. The number of hydrogen-bond acceptors (Lipinski definition) is 2. The number of nitrogens with one attached hydrogen (secondary N) is 2. The van der Waals surface area contributed by atoms with Crippen LogP contribution in [0.4, 0.5) is 23.2 Å². The first kappa shape index (κ1) is 19.3. The fourth-order valence-corrected chi connectivity index (χ4v) is 3.13. The van der Waals surface area contributed by atoms with Crippen LogP contribution in [0.15, 0.2) is 41.3 Å². The molecule has 3 nitrogen and oxygen atoms in total. The number of rotatable bonds is 7. The molecule has 0 radical (unpaired) electrons. The molecule has 8 heteroatoms. The van der Waals surface area contributed by atoms with Crippen molar-refractivity contribution in [1.82, 2.24) is 0 Å². The first-order chi connectivity index (χ1) is 11.9. The van der Waals surface area contributed by atoms with E-state index >= 15 is 0 Å². The molecule has 2 N–H and O–H groups in total. The van der Waals surface area contributed by atoms with Gasteiger partial charge in [0.2, 0.25) is 0 Å². The van der Waals surface area contributed by atoms with Crippen molar-refractivity contribution in [3.63, 3.8) is 0 Å². The molecule has 1 unspecified atom stereocenters. The number of halogens is 4. The third-order valence-electron chi connectivity index (χ3n) is 3.39. The SMILES string of the molecule is C[NH+](CCSc1ccccc1F)CC(=O)Nc1ccc(F)c(F)c1F. The quantitative estimate of drug-likeness (QED) is 0.444. The van der Waals surface area contributed by atoms with Crippen molar-refractivity contribution in [3.8, 4) is 0 Å². The van der Waals surface area contributed by atoms with E-state index < -0.39 is 29.0 Å². The largest absolute Gasteiger partial charge is 0.329 e. The van der Waals surface area contributed by atoms with Crippen LogP contribution in [0.3, 0.4) is 0 Å². The molecule has 0 aliphatic carbocycles. The maximum atomic E-state index is 13.5. The van der Waals surface area contributed by atoms with Gasteiger partial charge in [-0.05, 0) is 24.3 Å². The molecule has 1 amide bonds. The molecule has 0 aliphatic heterocycles. The molecule has 25 heavy (non-hydrogen) atoms. The first-order valence-electron chi connectivity index (χ1n) is 7.50. The lowest BCUT2D eigenvalue weighted by Gasteiger charge is -2.14. The van der Waals surface area contributed by atoms with Crippen LogP contribution in [0.1, 0.15) is 0 Å². The molecule has 134 valence electrons. The van der Waals surface area contributed by atoms with E-state index in [9.17, 15) is 22.4 Å². The van der Waals surface area contributed by atoms with E-state index in [-0.39, 0.29) is 12.4 Å². The standard InChI is InChI=1S/C17H16F4N2OS/c1-23(8-9-25-14-5-3-2-4-11(14)18)10-15(24)22-13-7-6-12(19)16(20)17(13)21/h2-7H,8-10H2,1H3,(H,22,24)/p+1. The molecule has 2 rings (SSSR count). The van der Waals surface area contributed by atoms with Gasteiger partial charge in [-0.3, -0.25) is 4.79 Å². The summed E-state index contributed by atoms with van der Waals surface area (Å²) in [5.74, 6) is -4.61. The third-order valence-corrected chi connectivity index (χ3v) is 4.45. The van der Waals surface area contributed by atoms with Gasteiger partial charge in [0.15, 0.2) is 24.0 Å². The highest BCUT2D eigenvalue weighted by Crippen LogP contribution is 2.20. The van der Waals surface area contributed by atoms with Crippen molar-refractivity contribution in [1.29, 1.82) is 0 Å². The fourth-order valence-electron chi connectivity index (χ4n) is 2.08. The summed E-state index contributed by atoms with van der Waals surface area (Å²) in [6.07, 6.45) is 0. The van der Waals surface area contributed by atoms with Gasteiger partial charge in [-0.15, -0.1) is 11.8 Å². The lowest BCUT2D eigenvalue weighted by atomic mass is 10.2. The van der Waals surface area contributed by atoms with E-state index in [0.29, 0.717) is 17.2 Å². The second-order valence-electron chi connectivity index (χ2n) is 5.43. The number of likely N-dealkylation sites (N-methyl/N-ethyl adjacent to an activating group) is 1. The maximum Gasteiger partial charge on any atom is 0.279 e. The summed E-state index contributed by atoms with van der Waals surface area (Å²) in [6, 6.07) is 8.12. The van der Waals surface area contributed by atoms with Crippen LogP contribution in [0, 0.1) is 23.3 Å². The van der Waals surface area contributed by atoms with Crippen LogP contribution in [0.5, 0.6) is 0 Å². The predicted octanol–water partition coefficient (Wildman–Crippen LogP) is 2.49. The molecular weight excluding hydrogens is 356 g/mol. The van der Waals surface area contributed by atoms with Gasteiger partial charge in [-0.1, -0.05) is 12.1 Å². The molecule has 0 aromatic heterocycles. The van der Waals surface area contributed by atoms with Crippen molar-refractivity contribution < 1.29 is 27.3 Å². The summed E-state index contributed by atoms with van der Waals surface area (Å²) in [5, 5.41) is 2.22. The zero-order valence-electron chi connectivity index (χ0n) is 13.4. The highest BCUT2D eigenvalue weighted by Gasteiger charge is 2.17. The Labute approximate surface area is 147 Å². The first-order valence-corrected chi connectivity index (χ1v) is 8.49. The summed E-state index contributed by atoms with van der Waals surface area (Å²) in [6.45, 7) is 0.572. The molecule has 1 atom stereocenters. The summed E-state index contributed by atoms with van der Waals surface area (Å²) in [5.41, 5.74) is -0.405. The minimum Gasteiger partial charge on any atom is -0.329 e. The van der Waals surface area contributed by atoms with Gasteiger partial charge in [0, 0.05) is 10.6 Å². The molecular formula is C17H17F4N2OS+. The van der Waals surface area contributed by atoms with E-state index in [4.69, 9.17) is 0 Å². The molecule has 0 spiro atoms. The number of hydrogen-bond donors (Lipinski definition) is 2. The minimum atomic E-state index is -1.63. The predicted molar refractivity (Wildman–Crippen MR) is 88.7 cm³/mol. The van der Waals surface area contributed by atoms with Crippen LogP contribution < -0.4 is 10.2 Å². The third kappa shape index (κ3) is 5.47. The van der Waals surface area contributed by atoms with Gasteiger partial charge < -0.3 is 10.2 Å². The Balaban J connectivity index is 1.80. The smallest absolute Gasteiger partial charge is 0.279 e. The van der Waals surface area contributed by atoms with Gasteiger partial charge >= 0.3 is 0 Å². The van der Waals surface area contributed by atoms with E-state index in [1.807, 2.05) is 0 Å². The zero-order chi connectivity index (χ0) is 18.4. The van der Waals surface area contributed by atoms with E-state index in [1.54, 1.807) is 25.2 Å². The van der Waals surface area contributed by atoms with E-state index in [0.717, 1.165) is 17.0 Å². The van der Waals surface area contributed by atoms with Gasteiger partial charge in [0.05, 0.1) is 19.3 Å².